The summed E-state index contributed by atoms with van der Waals surface area (Å²) in [6.45, 7) is 0. The van der Waals surface area contributed by atoms with E-state index in [9.17, 15) is 4.79 Å². The molecule has 5 nitrogen and oxygen atoms in total. The number of aromatic carboxylic acids is 1. The highest BCUT2D eigenvalue weighted by atomic mass is 35.5. The zero-order chi connectivity index (χ0) is 14.8. The van der Waals surface area contributed by atoms with E-state index in [1.165, 1.54) is 6.07 Å². The van der Waals surface area contributed by atoms with Crippen LogP contribution in [0.5, 0.6) is 0 Å². The maximum Gasteiger partial charge on any atom is 0.356 e. The monoisotopic (exact) mass is 299 g/mol. The van der Waals surface area contributed by atoms with Gasteiger partial charge in [-0.3, -0.25) is 4.98 Å². The Kier molecular flexibility index (Phi) is 3.41. The molecule has 0 saturated carbocycles. The number of nitrogens with one attached hydrogen (secondary N) is 1. The van der Waals surface area contributed by atoms with Gasteiger partial charge >= 0.3 is 5.97 Å². The highest BCUT2D eigenvalue weighted by molar-refractivity contribution is 6.33. The topological polar surface area (TPSA) is 75.1 Å². The lowest BCUT2D eigenvalue weighted by Crippen LogP contribution is -2.04. The summed E-state index contributed by atoms with van der Waals surface area (Å²) < 4.78 is 0. The van der Waals surface area contributed by atoms with Gasteiger partial charge in [-0.25, -0.2) is 9.78 Å². The smallest absolute Gasteiger partial charge is 0.356 e. The summed E-state index contributed by atoms with van der Waals surface area (Å²) in [6, 6.07) is 12.6. The molecule has 0 aliphatic carbocycles. The number of pyridine rings is 2. The van der Waals surface area contributed by atoms with Gasteiger partial charge in [0, 0.05) is 17.3 Å². The lowest BCUT2D eigenvalue weighted by Gasteiger charge is -2.08. The van der Waals surface area contributed by atoms with E-state index in [2.05, 4.69) is 15.3 Å². The largest absolute Gasteiger partial charge is 0.476 e. The molecule has 0 aliphatic rings. The van der Waals surface area contributed by atoms with Gasteiger partial charge in [0.2, 0.25) is 0 Å². The first kappa shape index (κ1) is 13.3. The van der Waals surface area contributed by atoms with Gasteiger partial charge in [0.05, 0.1) is 10.5 Å². The van der Waals surface area contributed by atoms with Gasteiger partial charge in [-0.1, -0.05) is 17.7 Å². The summed E-state index contributed by atoms with van der Waals surface area (Å²) in [7, 11) is 0. The number of hydrogen-bond acceptors (Lipinski definition) is 4. The summed E-state index contributed by atoms with van der Waals surface area (Å²) in [5.41, 5.74) is 1.50. The van der Waals surface area contributed by atoms with Gasteiger partial charge < -0.3 is 10.4 Å². The summed E-state index contributed by atoms with van der Waals surface area (Å²) in [5, 5.41) is 13.2. The van der Waals surface area contributed by atoms with Crippen LogP contribution < -0.4 is 5.32 Å². The Hall–Kier alpha value is -2.66. The third kappa shape index (κ3) is 2.78. The Morgan fingerprint density at radius 3 is 2.86 bits per heavy atom. The van der Waals surface area contributed by atoms with Crippen LogP contribution in [0.15, 0.2) is 48.7 Å². The SMILES string of the molecule is O=C(O)c1nc(Nc2ccc3ncccc3c2)ccc1Cl. The normalized spacial score (nSPS) is 10.5. The van der Waals surface area contributed by atoms with Gasteiger partial charge in [0.25, 0.3) is 0 Å². The van der Waals surface area contributed by atoms with Crippen LogP contribution in [-0.4, -0.2) is 21.0 Å². The molecule has 3 rings (SSSR count). The van der Waals surface area contributed by atoms with E-state index in [0.29, 0.717) is 5.82 Å². The van der Waals surface area contributed by atoms with Gasteiger partial charge in [-0.15, -0.1) is 0 Å². The molecule has 0 saturated heterocycles. The Morgan fingerprint density at radius 2 is 2.05 bits per heavy atom. The Labute approximate surface area is 125 Å². The molecule has 104 valence electrons. The van der Waals surface area contributed by atoms with Crippen LogP contribution in [0, 0.1) is 0 Å². The van der Waals surface area contributed by atoms with Crippen molar-refractivity contribution in [3.05, 3.63) is 59.4 Å². The van der Waals surface area contributed by atoms with E-state index >= 15 is 0 Å². The number of benzene rings is 1. The fourth-order valence-corrected chi connectivity index (χ4v) is 2.15. The van der Waals surface area contributed by atoms with Crippen LogP contribution in [0.2, 0.25) is 5.02 Å². The Balaban J connectivity index is 1.94. The van der Waals surface area contributed by atoms with Gasteiger partial charge in [0.15, 0.2) is 5.69 Å². The number of fused-ring (bicyclic) bond motifs is 1. The molecule has 21 heavy (non-hydrogen) atoms. The highest BCUT2D eigenvalue weighted by Crippen LogP contribution is 2.22. The number of aromatic nitrogens is 2. The average molecular weight is 300 g/mol. The molecule has 0 atom stereocenters. The van der Waals surface area contributed by atoms with Gasteiger partial charge in [-0.05, 0) is 36.4 Å². The summed E-state index contributed by atoms with van der Waals surface area (Å²) >= 11 is 5.79. The molecule has 0 bridgehead atoms. The molecule has 3 aromatic rings. The zero-order valence-electron chi connectivity index (χ0n) is 10.7. The number of carboxylic acid groups (broad SMARTS) is 1. The van der Waals surface area contributed by atoms with E-state index in [-0.39, 0.29) is 10.7 Å². The lowest BCUT2D eigenvalue weighted by atomic mass is 10.2. The third-order valence-corrected chi connectivity index (χ3v) is 3.23. The molecule has 1 aromatic carbocycles. The number of carboxylic acids is 1. The van der Waals surface area contributed by atoms with Crippen LogP contribution in [-0.2, 0) is 0 Å². The third-order valence-electron chi connectivity index (χ3n) is 2.92. The van der Waals surface area contributed by atoms with Crippen molar-refractivity contribution in [1.29, 1.82) is 0 Å². The number of hydrogen-bond donors (Lipinski definition) is 2. The second-order valence-electron chi connectivity index (χ2n) is 4.37. The van der Waals surface area contributed by atoms with E-state index in [4.69, 9.17) is 16.7 Å². The van der Waals surface area contributed by atoms with E-state index in [1.807, 2.05) is 30.3 Å². The molecule has 0 spiro atoms. The fraction of sp³-hybridized carbons (Fsp3) is 0. The number of nitrogens with zero attached hydrogens (tertiary/aromatic N) is 2. The van der Waals surface area contributed by atoms with Crippen molar-refractivity contribution in [2.75, 3.05) is 5.32 Å². The number of rotatable bonds is 3. The van der Waals surface area contributed by atoms with E-state index < -0.39 is 5.97 Å². The average Bonchev–Trinajstić information content (AvgIpc) is 2.49. The molecular weight excluding hydrogens is 290 g/mol. The van der Waals surface area contributed by atoms with Gasteiger partial charge in [0.1, 0.15) is 5.82 Å². The van der Waals surface area contributed by atoms with Crippen molar-refractivity contribution in [2.24, 2.45) is 0 Å². The second-order valence-corrected chi connectivity index (χ2v) is 4.78. The first-order chi connectivity index (χ1) is 10.1. The maximum atomic E-state index is 11.0. The molecular formula is C15H10ClN3O2. The fourth-order valence-electron chi connectivity index (χ4n) is 1.96. The first-order valence-corrected chi connectivity index (χ1v) is 6.53. The quantitative estimate of drug-likeness (QED) is 0.771. The molecule has 6 heteroatoms. The van der Waals surface area contributed by atoms with Crippen LogP contribution >= 0.6 is 11.6 Å². The molecule has 0 unspecified atom stereocenters. The lowest BCUT2D eigenvalue weighted by molar-refractivity contribution is 0.0691. The molecule has 2 aromatic heterocycles. The predicted octanol–water partition coefficient (Wildman–Crippen LogP) is 3.73. The minimum absolute atomic E-state index is 0.107. The molecule has 2 heterocycles. The van der Waals surface area contributed by atoms with Crippen LogP contribution in [0.3, 0.4) is 0 Å². The molecule has 0 fully saturated rings. The number of carbonyl (C=O) groups is 1. The van der Waals surface area contributed by atoms with Crippen LogP contribution in [0.4, 0.5) is 11.5 Å². The van der Waals surface area contributed by atoms with Crippen molar-refractivity contribution in [2.45, 2.75) is 0 Å². The summed E-state index contributed by atoms with van der Waals surface area (Å²) in [6.07, 6.45) is 1.73. The van der Waals surface area contributed by atoms with E-state index in [0.717, 1.165) is 16.6 Å². The molecule has 0 aliphatic heterocycles. The van der Waals surface area contributed by atoms with Gasteiger partial charge in [-0.2, -0.15) is 0 Å². The van der Waals surface area contributed by atoms with Crippen molar-refractivity contribution in [1.82, 2.24) is 9.97 Å². The van der Waals surface area contributed by atoms with Crippen molar-refractivity contribution in [3.8, 4) is 0 Å². The highest BCUT2D eigenvalue weighted by Gasteiger charge is 2.11. The number of halogens is 1. The Bertz CT molecular complexity index is 836. The van der Waals surface area contributed by atoms with Crippen molar-refractivity contribution < 1.29 is 9.90 Å². The molecule has 0 radical (unpaired) electrons. The minimum Gasteiger partial charge on any atom is -0.476 e. The minimum atomic E-state index is -1.16. The molecule has 2 N–H and O–H groups in total. The van der Waals surface area contributed by atoms with Crippen molar-refractivity contribution in [3.63, 3.8) is 0 Å². The zero-order valence-corrected chi connectivity index (χ0v) is 11.5. The second kappa shape index (κ2) is 5.38. The first-order valence-electron chi connectivity index (χ1n) is 6.15. The predicted molar refractivity (Wildman–Crippen MR) is 81.2 cm³/mol. The van der Waals surface area contributed by atoms with E-state index in [1.54, 1.807) is 12.3 Å². The summed E-state index contributed by atoms with van der Waals surface area (Å²) in [5.74, 6) is -0.744. The molecule has 0 amide bonds. The Morgan fingerprint density at radius 1 is 1.19 bits per heavy atom. The maximum absolute atomic E-state index is 11.0. The summed E-state index contributed by atoms with van der Waals surface area (Å²) in [4.78, 5) is 19.2. The van der Waals surface area contributed by atoms with Crippen LogP contribution in [0.25, 0.3) is 10.9 Å². The number of anilines is 2. The van der Waals surface area contributed by atoms with Crippen LogP contribution in [0.1, 0.15) is 10.5 Å². The van der Waals surface area contributed by atoms with Crippen molar-refractivity contribution >= 4 is 40.0 Å². The standard InChI is InChI=1S/C15H10ClN3O2/c16-11-4-6-13(19-14(11)15(20)21)18-10-3-5-12-9(8-10)2-1-7-17-12/h1-8H,(H,18,19)(H,20,21).